The van der Waals surface area contributed by atoms with Gasteiger partial charge in [0.05, 0.1) is 13.2 Å². The Morgan fingerprint density at radius 1 is 1.33 bits per heavy atom. The normalized spacial score (nSPS) is 20.7. The van der Waals surface area contributed by atoms with Crippen molar-refractivity contribution in [3.8, 4) is 0 Å². The first-order chi connectivity index (χ1) is 7.43. The zero-order valence-corrected chi connectivity index (χ0v) is 9.45. The van der Waals surface area contributed by atoms with Crippen LogP contribution in [-0.4, -0.2) is 38.0 Å². The highest BCUT2D eigenvalue weighted by molar-refractivity contribution is 4.90. The Morgan fingerprint density at radius 3 is 3.00 bits per heavy atom. The van der Waals surface area contributed by atoms with Crippen molar-refractivity contribution in [3.63, 3.8) is 0 Å². The van der Waals surface area contributed by atoms with E-state index in [0.717, 1.165) is 32.0 Å². The van der Waals surface area contributed by atoms with Gasteiger partial charge in [-0.15, -0.1) is 0 Å². The Balaban J connectivity index is 1.82. The van der Waals surface area contributed by atoms with Gasteiger partial charge >= 0.3 is 0 Å². The molecular weight excluding hydrogens is 190 g/mol. The summed E-state index contributed by atoms with van der Waals surface area (Å²) in [6.45, 7) is 3.49. The summed E-state index contributed by atoms with van der Waals surface area (Å²) in [6.07, 6.45) is 9.40. The highest BCUT2D eigenvalue weighted by atomic mass is 16.5. The molecule has 0 aromatic heterocycles. The molecule has 0 aromatic rings. The number of allylic oxidation sites excluding steroid dienone is 2. The van der Waals surface area contributed by atoms with Crippen molar-refractivity contribution in [1.82, 2.24) is 5.32 Å². The van der Waals surface area contributed by atoms with Gasteiger partial charge in [-0.2, -0.15) is 0 Å². The molecule has 1 aliphatic rings. The van der Waals surface area contributed by atoms with Gasteiger partial charge in [-0.1, -0.05) is 12.2 Å². The average Bonchev–Trinajstić information content (AvgIpc) is 2.29. The summed E-state index contributed by atoms with van der Waals surface area (Å²) in [6, 6.07) is 0. The van der Waals surface area contributed by atoms with Crippen LogP contribution in [0.15, 0.2) is 12.2 Å². The number of hydrogen-bond donors (Lipinski definition) is 2. The Bertz CT molecular complexity index is 171. The first kappa shape index (κ1) is 12.7. The van der Waals surface area contributed by atoms with E-state index in [-0.39, 0.29) is 6.61 Å². The Morgan fingerprint density at radius 2 is 2.27 bits per heavy atom. The van der Waals surface area contributed by atoms with Crippen molar-refractivity contribution in [1.29, 1.82) is 0 Å². The van der Waals surface area contributed by atoms with Gasteiger partial charge in [0.25, 0.3) is 0 Å². The van der Waals surface area contributed by atoms with Crippen LogP contribution in [0.3, 0.4) is 0 Å². The zero-order valence-electron chi connectivity index (χ0n) is 9.45. The largest absolute Gasteiger partial charge is 0.394 e. The van der Waals surface area contributed by atoms with Crippen LogP contribution >= 0.6 is 0 Å². The van der Waals surface area contributed by atoms with E-state index in [9.17, 15) is 0 Å². The Labute approximate surface area is 92.5 Å². The molecule has 0 spiro atoms. The van der Waals surface area contributed by atoms with Crippen molar-refractivity contribution in [2.45, 2.75) is 25.7 Å². The van der Waals surface area contributed by atoms with Gasteiger partial charge in [0, 0.05) is 6.61 Å². The number of rotatable bonds is 8. The van der Waals surface area contributed by atoms with Gasteiger partial charge in [0.15, 0.2) is 0 Å². The molecule has 1 aliphatic carbocycles. The van der Waals surface area contributed by atoms with Crippen molar-refractivity contribution in [3.05, 3.63) is 12.2 Å². The fourth-order valence-corrected chi connectivity index (χ4v) is 1.81. The minimum atomic E-state index is 0.127. The van der Waals surface area contributed by atoms with Gasteiger partial charge in [-0.3, -0.25) is 0 Å². The van der Waals surface area contributed by atoms with E-state index in [0.29, 0.717) is 6.61 Å². The number of nitrogens with one attached hydrogen (secondary N) is 1. The molecule has 0 saturated heterocycles. The maximum Gasteiger partial charge on any atom is 0.0697 e. The summed E-state index contributed by atoms with van der Waals surface area (Å²) in [7, 11) is 0. The second kappa shape index (κ2) is 8.89. The molecule has 1 rings (SSSR count). The van der Waals surface area contributed by atoms with Crippen LogP contribution in [-0.2, 0) is 4.74 Å². The third-order valence-corrected chi connectivity index (χ3v) is 2.69. The molecule has 0 heterocycles. The van der Waals surface area contributed by atoms with Crippen molar-refractivity contribution in [2.75, 3.05) is 32.9 Å². The summed E-state index contributed by atoms with van der Waals surface area (Å²) in [4.78, 5) is 0. The molecule has 0 saturated carbocycles. The summed E-state index contributed by atoms with van der Waals surface area (Å²) >= 11 is 0. The lowest BCUT2D eigenvalue weighted by atomic mass is 9.94. The molecular formula is C12H23NO2. The second-order valence-electron chi connectivity index (χ2n) is 4.04. The predicted molar refractivity (Wildman–Crippen MR) is 61.9 cm³/mol. The lowest BCUT2D eigenvalue weighted by Crippen LogP contribution is -2.25. The van der Waals surface area contributed by atoms with Crippen molar-refractivity contribution >= 4 is 0 Å². The molecule has 3 nitrogen and oxygen atoms in total. The lowest BCUT2D eigenvalue weighted by Gasteiger charge is -2.18. The van der Waals surface area contributed by atoms with Gasteiger partial charge in [0.1, 0.15) is 0 Å². The molecule has 0 amide bonds. The monoisotopic (exact) mass is 213 g/mol. The molecule has 0 radical (unpaired) electrons. The predicted octanol–water partition coefficient (Wildman–Crippen LogP) is 1.33. The number of aliphatic hydroxyl groups is 1. The van der Waals surface area contributed by atoms with Crippen LogP contribution in [0.25, 0.3) is 0 Å². The Hall–Kier alpha value is -0.380. The fraction of sp³-hybridized carbons (Fsp3) is 0.833. The summed E-state index contributed by atoms with van der Waals surface area (Å²) in [5.74, 6) is 0.827. The van der Waals surface area contributed by atoms with Crippen LogP contribution in [0, 0.1) is 5.92 Å². The zero-order chi connectivity index (χ0) is 10.8. The molecule has 88 valence electrons. The molecule has 3 heteroatoms. The third kappa shape index (κ3) is 6.66. The number of hydrogen-bond acceptors (Lipinski definition) is 3. The van der Waals surface area contributed by atoms with Gasteiger partial charge in [-0.05, 0) is 44.7 Å². The minimum Gasteiger partial charge on any atom is -0.394 e. The van der Waals surface area contributed by atoms with Crippen molar-refractivity contribution in [2.24, 2.45) is 5.92 Å². The first-order valence-electron chi connectivity index (χ1n) is 5.98. The van der Waals surface area contributed by atoms with Crippen LogP contribution < -0.4 is 5.32 Å². The SMILES string of the molecule is OCCOCCCNCC1CC=CCC1. The maximum absolute atomic E-state index is 8.49. The summed E-state index contributed by atoms with van der Waals surface area (Å²) in [5.41, 5.74) is 0. The highest BCUT2D eigenvalue weighted by Crippen LogP contribution is 2.16. The topological polar surface area (TPSA) is 41.5 Å². The summed E-state index contributed by atoms with van der Waals surface area (Å²) in [5, 5.41) is 11.9. The quantitative estimate of drug-likeness (QED) is 0.472. The molecule has 15 heavy (non-hydrogen) atoms. The van der Waals surface area contributed by atoms with Crippen LogP contribution in [0.4, 0.5) is 0 Å². The first-order valence-corrected chi connectivity index (χ1v) is 5.98. The number of aliphatic hydroxyl groups excluding tert-OH is 1. The van der Waals surface area contributed by atoms with E-state index in [1.807, 2.05) is 0 Å². The van der Waals surface area contributed by atoms with Crippen LogP contribution in [0.1, 0.15) is 25.7 Å². The van der Waals surface area contributed by atoms with Gasteiger partial charge < -0.3 is 15.2 Å². The van der Waals surface area contributed by atoms with Gasteiger partial charge in [-0.25, -0.2) is 0 Å². The standard InChI is InChI=1S/C12H23NO2/c14-8-10-15-9-4-7-13-11-12-5-2-1-3-6-12/h1-2,12-14H,3-11H2. The third-order valence-electron chi connectivity index (χ3n) is 2.69. The molecule has 0 fully saturated rings. The van der Waals surface area contributed by atoms with Crippen LogP contribution in [0.5, 0.6) is 0 Å². The van der Waals surface area contributed by atoms with E-state index in [1.165, 1.54) is 19.3 Å². The van der Waals surface area contributed by atoms with E-state index < -0.39 is 0 Å². The Kier molecular flexibility index (Phi) is 7.52. The molecule has 1 unspecified atom stereocenters. The van der Waals surface area contributed by atoms with E-state index in [1.54, 1.807) is 0 Å². The van der Waals surface area contributed by atoms with E-state index in [2.05, 4.69) is 17.5 Å². The van der Waals surface area contributed by atoms with Crippen molar-refractivity contribution < 1.29 is 9.84 Å². The lowest BCUT2D eigenvalue weighted by molar-refractivity contribution is 0.0906. The number of ether oxygens (including phenoxy) is 1. The summed E-state index contributed by atoms with van der Waals surface area (Å²) < 4.78 is 5.17. The second-order valence-corrected chi connectivity index (χ2v) is 4.04. The van der Waals surface area contributed by atoms with Crippen LogP contribution in [0.2, 0.25) is 0 Å². The molecule has 2 N–H and O–H groups in total. The highest BCUT2D eigenvalue weighted by Gasteiger charge is 2.08. The van der Waals surface area contributed by atoms with E-state index >= 15 is 0 Å². The van der Waals surface area contributed by atoms with E-state index in [4.69, 9.17) is 9.84 Å². The average molecular weight is 213 g/mol. The molecule has 0 bridgehead atoms. The minimum absolute atomic E-state index is 0.127. The van der Waals surface area contributed by atoms with Gasteiger partial charge in [0.2, 0.25) is 0 Å². The fourth-order valence-electron chi connectivity index (χ4n) is 1.81. The molecule has 0 aromatic carbocycles. The molecule has 1 atom stereocenters. The molecule has 0 aliphatic heterocycles. The smallest absolute Gasteiger partial charge is 0.0697 e. The maximum atomic E-state index is 8.49.